The van der Waals surface area contributed by atoms with Gasteiger partial charge >= 0.3 is 0 Å². The Morgan fingerprint density at radius 3 is 2.29 bits per heavy atom. The van der Waals surface area contributed by atoms with Gasteiger partial charge in [0.1, 0.15) is 5.75 Å². The third-order valence-corrected chi connectivity index (χ3v) is 3.90. The van der Waals surface area contributed by atoms with E-state index in [-0.39, 0.29) is 12.0 Å². The number of hydrogen-bond donors (Lipinski definition) is 1. The van der Waals surface area contributed by atoms with Crippen LogP contribution >= 0.6 is 0 Å². The molecule has 112 valence electrons. The van der Waals surface area contributed by atoms with Crippen molar-refractivity contribution in [2.75, 3.05) is 32.2 Å². The topological polar surface area (TPSA) is 32.7 Å². The van der Waals surface area contributed by atoms with E-state index in [2.05, 4.69) is 24.0 Å². The van der Waals surface area contributed by atoms with Crippen LogP contribution in [0.15, 0.2) is 54.6 Å². The van der Waals surface area contributed by atoms with Crippen LogP contribution < -0.4 is 9.64 Å². The fraction of sp³-hybridized carbons (Fsp3) is 0.333. The second-order valence-corrected chi connectivity index (χ2v) is 5.61. The summed E-state index contributed by atoms with van der Waals surface area (Å²) in [5.74, 6) is 0.841. The molecule has 2 aromatic rings. The zero-order chi connectivity index (χ0) is 15.3. The number of benzene rings is 2. The van der Waals surface area contributed by atoms with E-state index in [1.807, 2.05) is 49.5 Å². The number of anilines is 1. The number of methoxy groups -OCH3 is 1. The van der Waals surface area contributed by atoms with Gasteiger partial charge in [-0.3, -0.25) is 0 Å². The summed E-state index contributed by atoms with van der Waals surface area (Å²) in [7, 11) is 3.70. The highest BCUT2D eigenvalue weighted by molar-refractivity contribution is 5.58. The number of para-hydroxylation sites is 2. The van der Waals surface area contributed by atoms with E-state index in [0.29, 0.717) is 6.54 Å². The van der Waals surface area contributed by atoms with Crippen LogP contribution in [-0.4, -0.2) is 32.4 Å². The number of rotatable bonds is 6. The van der Waals surface area contributed by atoms with Crippen LogP contribution in [-0.2, 0) is 5.41 Å². The quantitative estimate of drug-likeness (QED) is 0.885. The molecule has 0 amide bonds. The molecule has 1 unspecified atom stereocenters. The number of aliphatic hydroxyl groups is 1. The van der Waals surface area contributed by atoms with Gasteiger partial charge < -0.3 is 14.7 Å². The number of likely N-dealkylation sites (N-methyl/N-ethyl adjacent to an activating group) is 1. The SMILES string of the molecule is COc1ccccc1N(C)CC(C)(CO)c1ccccc1. The zero-order valence-electron chi connectivity index (χ0n) is 12.9. The zero-order valence-corrected chi connectivity index (χ0v) is 12.9. The van der Waals surface area contributed by atoms with Crippen LogP contribution in [0.2, 0.25) is 0 Å². The highest BCUT2D eigenvalue weighted by Crippen LogP contribution is 2.31. The summed E-state index contributed by atoms with van der Waals surface area (Å²) in [5.41, 5.74) is 1.83. The molecule has 0 aliphatic heterocycles. The van der Waals surface area contributed by atoms with Crippen molar-refractivity contribution in [3.05, 3.63) is 60.2 Å². The van der Waals surface area contributed by atoms with E-state index in [4.69, 9.17) is 4.74 Å². The molecule has 1 atom stereocenters. The molecule has 0 aliphatic rings. The Morgan fingerprint density at radius 1 is 1.05 bits per heavy atom. The molecule has 3 heteroatoms. The Balaban J connectivity index is 2.26. The number of aliphatic hydroxyl groups excluding tert-OH is 1. The Morgan fingerprint density at radius 2 is 1.67 bits per heavy atom. The molecule has 0 aromatic heterocycles. The van der Waals surface area contributed by atoms with Crippen LogP contribution in [0, 0.1) is 0 Å². The first-order chi connectivity index (χ1) is 10.1. The minimum atomic E-state index is -0.323. The van der Waals surface area contributed by atoms with Crippen molar-refractivity contribution < 1.29 is 9.84 Å². The summed E-state index contributed by atoms with van der Waals surface area (Å²) < 4.78 is 5.42. The summed E-state index contributed by atoms with van der Waals surface area (Å²) in [6, 6.07) is 18.1. The van der Waals surface area contributed by atoms with Gasteiger partial charge in [0.15, 0.2) is 0 Å². The lowest BCUT2D eigenvalue weighted by Crippen LogP contribution is -2.40. The van der Waals surface area contributed by atoms with Crippen molar-refractivity contribution in [1.29, 1.82) is 0 Å². The maximum Gasteiger partial charge on any atom is 0.142 e. The Bertz CT molecular complexity index is 570. The van der Waals surface area contributed by atoms with Crippen molar-refractivity contribution in [2.24, 2.45) is 0 Å². The lowest BCUT2D eigenvalue weighted by atomic mass is 9.82. The standard InChI is InChI=1S/C18H23NO2/c1-18(14-20,15-9-5-4-6-10-15)13-19(2)16-11-7-8-12-17(16)21-3/h4-12,20H,13-14H2,1-3H3. The molecular formula is C18H23NO2. The van der Waals surface area contributed by atoms with Crippen molar-refractivity contribution in [2.45, 2.75) is 12.3 Å². The van der Waals surface area contributed by atoms with Gasteiger partial charge in [-0.05, 0) is 17.7 Å². The van der Waals surface area contributed by atoms with Crippen LogP contribution in [0.1, 0.15) is 12.5 Å². The monoisotopic (exact) mass is 285 g/mol. The largest absolute Gasteiger partial charge is 0.495 e. The van der Waals surface area contributed by atoms with Gasteiger partial charge in [-0.1, -0.05) is 49.4 Å². The fourth-order valence-electron chi connectivity index (χ4n) is 2.63. The summed E-state index contributed by atoms with van der Waals surface area (Å²) in [6.45, 7) is 2.87. The molecule has 0 heterocycles. The van der Waals surface area contributed by atoms with Crippen LogP contribution in [0.5, 0.6) is 5.75 Å². The Kier molecular flexibility index (Phi) is 4.86. The molecule has 3 nitrogen and oxygen atoms in total. The van der Waals surface area contributed by atoms with Crippen LogP contribution in [0.3, 0.4) is 0 Å². The van der Waals surface area contributed by atoms with Crippen LogP contribution in [0.25, 0.3) is 0 Å². The smallest absolute Gasteiger partial charge is 0.142 e. The first-order valence-electron chi connectivity index (χ1n) is 7.11. The Hall–Kier alpha value is -2.00. The highest BCUT2D eigenvalue weighted by Gasteiger charge is 2.28. The minimum Gasteiger partial charge on any atom is -0.495 e. The van der Waals surface area contributed by atoms with E-state index in [9.17, 15) is 5.11 Å². The van der Waals surface area contributed by atoms with E-state index in [0.717, 1.165) is 17.0 Å². The maximum atomic E-state index is 9.90. The number of ether oxygens (including phenoxy) is 1. The second-order valence-electron chi connectivity index (χ2n) is 5.61. The third kappa shape index (κ3) is 3.37. The number of hydrogen-bond acceptors (Lipinski definition) is 3. The molecule has 0 spiro atoms. The van der Waals surface area contributed by atoms with Crippen molar-refractivity contribution in [3.63, 3.8) is 0 Å². The predicted molar refractivity (Wildman–Crippen MR) is 87.1 cm³/mol. The average molecular weight is 285 g/mol. The molecule has 1 N–H and O–H groups in total. The average Bonchev–Trinajstić information content (AvgIpc) is 2.55. The first kappa shape index (κ1) is 15.4. The molecule has 0 saturated heterocycles. The van der Waals surface area contributed by atoms with Gasteiger partial charge in [-0.25, -0.2) is 0 Å². The van der Waals surface area contributed by atoms with Gasteiger partial charge in [-0.15, -0.1) is 0 Å². The van der Waals surface area contributed by atoms with E-state index in [1.165, 1.54) is 0 Å². The predicted octanol–water partition coefficient (Wildman–Crippen LogP) is 3.08. The number of nitrogens with zero attached hydrogens (tertiary/aromatic N) is 1. The van der Waals surface area contributed by atoms with Gasteiger partial charge in [0.05, 0.1) is 19.4 Å². The molecule has 0 aliphatic carbocycles. The van der Waals surface area contributed by atoms with E-state index < -0.39 is 0 Å². The molecule has 0 radical (unpaired) electrons. The molecule has 2 aromatic carbocycles. The normalized spacial score (nSPS) is 13.5. The van der Waals surface area contributed by atoms with Crippen molar-refractivity contribution in [1.82, 2.24) is 0 Å². The maximum absolute atomic E-state index is 9.90. The van der Waals surface area contributed by atoms with Gasteiger partial charge in [0.25, 0.3) is 0 Å². The van der Waals surface area contributed by atoms with E-state index >= 15 is 0 Å². The summed E-state index contributed by atoms with van der Waals surface area (Å²) in [5, 5.41) is 9.90. The molecule has 21 heavy (non-hydrogen) atoms. The molecule has 2 rings (SSSR count). The highest BCUT2D eigenvalue weighted by atomic mass is 16.5. The minimum absolute atomic E-state index is 0.0938. The van der Waals surface area contributed by atoms with Gasteiger partial charge in [-0.2, -0.15) is 0 Å². The summed E-state index contributed by atoms with van der Waals surface area (Å²) in [4.78, 5) is 2.13. The summed E-state index contributed by atoms with van der Waals surface area (Å²) >= 11 is 0. The molecule has 0 bridgehead atoms. The lowest BCUT2D eigenvalue weighted by Gasteiger charge is -2.34. The fourth-order valence-corrected chi connectivity index (χ4v) is 2.63. The van der Waals surface area contributed by atoms with Crippen molar-refractivity contribution in [3.8, 4) is 5.75 Å². The summed E-state index contributed by atoms with van der Waals surface area (Å²) in [6.07, 6.45) is 0. The van der Waals surface area contributed by atoms with Gasteiger partial charge in [0, 0.05) is 19.0 Å². The Labute approximate surface area is 126 Å². The first-order valence-corrected chi connectivity index (χ1v) is 7.11. The molecular weight excluding hydrogens is 262 g/mol. The lowest BCUT2D eigenvalue weighted by molar-refractivity contribution is 0.209. The third-order valence-electron chi connectivity index (χ3n) is 3.90. The van der Waals surface area contributed by atoms with Crippen molar-refractivity contribution >= 4 is 5.69 Å². The van der Waals surface area contributed by atoms with E-state index in [1.54, 1.807) is 7.11 Å². The van der Waals surface area contributed by atoms with Gasteiger partial charge in [0.2, 0.25) is 0 Å². The molecule has 0 fully saturated rings. The van der Waals surface area contributed by atoms with Crippen LogP contribution in [0.4, 0.5) is 5.69 Å². The molecule has 0 saturated carbocycles. The second kappa shape index (κ2) is 6.64.